The van der Waals surface area contributed by atoms with E-state index in [-0.39, 0.29) is 26.1 Å². The fraction of sp³-hybridized carbons (Fsp3) is 0.800. The quantitative estimate of drug-likeness (QED) is 0.0195. The monoisotopic (exact) mass is 1000 g/mol. The summed E-state index contributed by atoms with van der Waals surface area (Å²) in [6.45, 7) is 4.16. The van der Waals surface area contributed by atoms with E-state index in [2.05, 4.69) is 74.6 Å². The average molecular weight is 1000 g/mol. The molecular weight excluding hydrogens is 894 g/mol. The lowest BCUT2D eigenvalue weighted by Crippen LogP contribution is -2.37. The van der Waals surface area contributed by atoms with Crippen molar-refractivity contribution in [3.05, 3.63) is 60.8 Å². The lowest BCUT2D eigenvalue weighted by molar-refractivity contribution is -0.870. The van der Waals surface area contributed by atoms with Crippen LogP contribution in [-0.4, -0.2) is 70.0 Å². The zero-order chi connectivity index (χ0) is 51.3. The topological polar surface area (TPSA) is 111 Å². The van der Waals surface area contributed by atoms with Crippen LogP contribution in [-0.2, 0) is 32.7 Å². The van der Waals surface area contributed by atoms with Crippen LogP contribution in [0.3, 0.4) is 0 Å². The minimum absolute atomic E-state index is 0.0338. The van der Waals surface area contributed by atoms with Crippen LogP contribution in [0.25, 0.3) is 0 Å². The summed E-state index contributed by atoms with van der Waals surface area (Å²) in [6, 6.07) is 0. The minimum Gasteiger partial charge on any atom is -0.756 e. The average Bonchev–Trinajstić information content (AvgIpc) is 3.32. The van der Waals surface area contributed by atoms with E-state index in [4.69, 9.17) is 18.5 Å². The number of phosphoric ester groups is 1. The van der Waals surface area contributed by atoms with E-state index in [1.54, 1.807) is 0 Å². The maximum atomic E-state index is 12.8. The molecule has 9 nitrogen and oxygen atoms in total. The van der Waals surface area contributed by atoms with Crippen LogP contribution in [0.2, 0.25) is 0 Å². The van der Waals surface area contributed by atoms with E-state index in [1.807, 2.05) is 21.1 Å². The van der Waals surface area contributed by atoms with E-state index in [0.29, 0.717) is 23.9 Å². The maximum Gasteiger partial charge on any atom is 0.306 e. The molecule has 0 radical (unpaired) electrons. The van der Waals surface area contributed by atoms with Gasteiger partial charge in [0.25, 0.3) is 7.82 Å². The van der Waals surface area contributed by atoms with Crippen molar-refractivity contribution in [3.63, 3.8) is 0 Å². The Labute approximate surface area is 432 Å². The molecule has 0 aliphatic carbocycles. The Morgan fingerprint density at radius 3 is 1.20 bits per heavy atom. The second-order valence-electron chi connectivity index (χ2n) is 20.6. The number of hydrogen-bond acceptors (Lipinski definition) is 8. The third kappa shape index (κ3) is 55.0. The number of hydrogen-bond donors (Lipinski definition) is 0. The molecule has 0 rings (SSSR count). The summed E-state index contributed by atoms with van der Waals surface area (Å²) >= 11 is 0. The molecule has 0 saturated carbocycles. The van der Waals surface area contributed by atoms with Crippen LogP contribution in [0.5, 0.6) is 0 Å². The standard InChI is InChI=1S/C60H110NO8P/c1-6-8-10-12-14-16-18-20-21-22-23-24-25-26-27-28-29-30-31-32-33-34-35-36-37-38-39-41-43-45-47-49-51-53-60(63)69-58(57-68-70(64,65)67-55-54-61(3,4)5)56-66-59(62)52-50-48-46-44-42-40-19-17-15-13-11-9-7-2/h11,13,17-20,22-23,25-26,58H,6-10,12,14-16,21,24,27-57H2,1-5H3/b13-11-,19-17-,20-18-,23-22-,26-25-. The second-order valence-corrected chi connectivity index (χ2v) is 22.1. The Hall–Kier alpha value is -2.29. The molecule has 0 amide bonds. The van der Waals surface area contributed by atoms with Crippen molar-refractivity contribution in [1.29, 1.82) is 0 Å². The molecule has 2 atom stereocenters. The number of rotatable bonds is 53. The third-order valence-corrected chi connectivity index (χ3v) is 13.5. The number of phosphoric acid groups is 1. The predicted molar refractivity (Wildman–Crippen MR) is 296 cm³/mol. The van der Waals surface area contributed by atoms with Gasteiger partial charge in [0.05, 0.1) is 27.7 Å². The molecule has 0 aliphatic heterocycles. The Morgan fingerprint density at radius 2 is 0.800 bits per heavy atom. The van der Waals surface area contributed by atoms with E-state index >= 15 is 0 Å². The van der Waals surface area contributed by atoms with Gasteiger partial charge in [0.15, 0.2) is 6.10 Å². The molecule has 0 bridgehead atoms. The first kappa shape index (κ1) is 67.7. The van der Waals surface area contributed by atoms with Gasteiger partial charge >= 0.3 is 11.9 Å². The molecule has 0 spiro atoms. The summed E-state index contributed by atoms with van der Waals surface area (Å²) in [5.74, 6) is -0.845. The van der Waals surface area contributed by atoms with Crippen molar-refractivity contribution in [2.75, 3.05) is 47.5 Å². The Morgan fingerprint density at radius 1 is 0.443 bits per heavy atom. The number of carbonyl (C=O) groups excluding carboxylic acids is 2. The number of ether oxygens (including phenoxy) is 2. The van der Waals surface area contributed by atoms with Crippen LogP contribution in [0.4, 0.5) is 0 Å². The van der Waals surface area contributed by atoms with E-state index in [1.165, 1.54) is 141 Å². The second kappa shape index (κ2) is 51.6. The molecule has 70 heavy (non-hydrogen) atoms. The fourth-order valence-electron chi connectivity index (χ4n) is 8.00. The molecule has 2 unspecified atom stereocenters. The van der Waals surface area contributed by atoms with E-state index in [9.17, 15) is 19.0 Å². The highest BCUT2D eigenvalue weighted by atomic mass is 31.2. The van der Waals surface area contributed by atoms with Crippen molar-refractivity contribution in [1.82, 2.24) is 0 Å². The number of unbranched alkanes of at least 4 members (excludes halogenated alkanes) is 29. The van der Waals surface area contributed by atoms with Gasteiger partial charge < -0.3 is 27.9 Å². The van der Waals surface area contributed by atoms with Gasteiger partial charge in [-0.3, -0.25) is 14.2 Å². The Balaban J connectivity index is 4.02. The van der Waals surface area contributed by atoms with Gasteiger partial charge in [0.1, 0.15) is 19.8 Å². The predicted octanol–water partition coefficient (Wildman–Crippen LogP) is 17.3. The summed E-state index contributed by atoms with van der Waals surface area (Å²) in [5.41, 5.74) is 0. The van der Waals surface area contributed by atoms with Gasteiger partial charge in [-0.05, 0) is 77.0 Å². The molecule has 408 valence electrons. The number of quaternary nitrogens is 1. The van der Waals surface area contributed by atoms with Crippen molar-refractivity contribution < 1.29 is 42.1 Å². The van der Waals surface area contributed by atoms with Crippen molar-refractivity contribution >= 4 is 19.8 Å². The van der Waals surface area contributed by atoms with Crippen molar-refractivity contribution in [3.8, 4) is 0 Å². The molecular formula is C60H110NO8P. The van der Waals surface area contributed by atoms with Gasteiger partial charge in [-0.1, -0.05) is 229 Å². The zero-order valence-electron chi connectivity index (χ0n) is 46.2. The molecule has 0 N–H and O–H groups in total. The summed E-state index contributed by atoms with van der Waals surface area (Å²) in [7, 11) is 1.16. The lowest BCUT2D eigenvalue weighted by Gasteiger charge is -2.28. The summed E-state index contributed by atoms with van der Waals surface area (Å²) in [6.07, 6.45) is 65.7. The third-order valence-electron chi connectivity index (χ3n) is 12.5. The van der Waals surface area contributed by atoms with Crippen LogP contribution >= 0.6 is 7.82 Å². The largest absolute Gasteiger partial charge is 0.756 e. The number of carbonyl (C=O) groups is 2. The van der Waals surface area contributed by atoms with E-state index < -0.39 is 32.5 Å². The molecule has 0 heterocycles. The highest BCUT2D eigenvalue weighted by Crippen LogP contribution is 2.38. The van der Waals surface area contributed by atoms with E-state index in [0.717, 1.165) is 77.0 Å². The van der Waals surface area contributed by atoms with Crippen LogP contribution < -0.4 is 4.89 Å². The molecule has 10 heteroatoms. The molecule has 0 aliphatic rings. The summed E-state index contributed by atoms with van der Waals surface area (Å²) in [4.78, 5) is 37.7. The maximum absolute atomic E-state index is 12.8. The molecule has 0 fully saturated rings. The number of allylic oxidation sites excluding steroid dienone is 10. The smallest absolute Gasteiger partial charge is 0.306 e. The number of likely N-dealkylation sites (N-methyl/N-ethyl adjacent to an activating group) is 1. The number of nitrogens with zero attached hydrogens (tertiary/aromatic N) is 1. The normalized spacial score (nSPS) is 13.7. The highest BCUT2D eigenvalue weighted by Gasteiger charge is 2.22. The van der Waals surface area contributed by atoms with Crippen molar-refractivity contribution in [2.24, 2.45) is 0 Å². The summed E-state index contributed by atoms with van der Waals surface area (Å²) < 4.78 is 34.1. The molecule has 0 aromatic heterocycles. The van der Waals surface area contributed by atoms with Crippen LogP contribution in [0, 0.1) is 0 Å². The Bertz CT molecular complexity index is 1370. The van der Waals surface area contributed by atoms with Crippen molar-refractivity contribution in [2.45, 2.75) is 264 Å². The molecule has 0 aromatic rings. The fourth-order valence-corrected chi connectivity index (χ4v) is 8.72. The first-order chi connectivity index (χ1) is 34.0. The molecule has 0 aromatic carbocycles. The van der Waals surface area contributed by atoms with Crippen LogP contribution in [0.15, 0.2) is 60.8 Å². The minimum atomic E-state index is -4.64. The van der Waals surface area contributed by atoms with Crippen LogP contribution in [0.1, 0.15) is 258 Å². The van der Waals surface area contributed by atoms with Gasteiger partial charge in [-0.2, -0.15) is 0 Å². The first-order valence-electron chi connectivity index (χ1n) is 29.0. The SMILES string of the molecule is CCC/C=C\C/C=C\CCCCCCCC(=O)OCC(COP(=O)([O-])OCC[N+](C)(C)C)OC(=O)CCCCCCCCCCCCCCCCCCCC/C=C\C/C=C\C/C=C\CCCCCCC. The van der Waals surface area contributed by atoms with Gasteiger partial charge in [-0.25, -0.2) is 0 Å². The number of esters is 2. The van der Waals surface area contributed by atoms with Gasteiger partial charge in [0.2, 0.25) is 0 Å². The zero-order valence-corrected chi connectivity index (χ0v) is 47.1. The Kier molecular flexibility index (Phi) is 49.9. The summed E-state index contributed by atoms with van der Waals surface area (Å²) in [5, 5.41) is 0. The first-order valence-corrected chi connectivity index (χ1v) is 30.5. The van der Waals surface area contributed by atoms with Gasteiger partial charge in [-0.15, -0.1) is 0 Å². The molecule has 0 saturated heterocycles. The highest BCUT2D eigenvalue weighted by molar-refractivity contribution is 7.45. The van der Waals surface area contributed by atoms with Gasteiger partial charge in [0, 0.05) is 12.8 Å². The lowest BCUT2D eigenvalue weighted by atomic mass is 10.0.